The van der Waals surface area contributed by atoms with Crippen molar-refractivity contribution in [1.29, 1.82) is 5.26 Å². The first-order valence-electron chi connectivity index (χ1n) is 9.19. The highest BCUT2D eigenvalue weighted by molar-refractivity contribution is 5.69. The number of nitriles is 1. The van der Waals surface area contributed by atoms with Crippen LogP contribution in [0.3, 0.4) is 0 Å². The van der Waals surface area contributed by atoms with Crippen molar-refractivity contribution in [1.82, 2.24) is 14.8 Å². The number of aliphatic hydroxyl groups excluding tert-OH is 1. The summed E-state index contributed by atoms with van der Waals surface area (Å²) in [7, 11) is 1.84. The zero-order valence-corrected chi connectivity index (χ0v) is 15.5. The van der Waals surface area contributed by atoms with Gasteiger partial charge in [0.1, 0.15) is 5.75 Å². The molecule has 0 radical (unpaired) electrons. The van der Waals surface area contributed by atoms with Crippen LogP contribution >= 0.6 is 0 Å². The molecule has 1 fully saturated rings. The molecule has 0 aliphatic heterocycles. The van der Waals surface area contributed by atoms with E-state index in [9.17, 15) is 10.4 Å². The van der Waals surface area contributed by atoms with Gasteiger partial charge in [-0.15, -0.1) is 0 Å². The van der Waals surface area contributed by atoms with Gasteiger partial charge in [0.25, 0.3) is 0 Å². The zero-order valence-electron chi connectivity index (χ0n) is 15.5. The Labute approximate surface area is 163 Å². The van der Waals surface area contributed by atoms with E-state index in [-0.39, 0.29) is 6.54 Å². The van der Waals surface area contributed by atoms with E-state index in [1.54, 1.807) is 35.1 Å². The van der Waals surface area contributed by atoms with E-state index in [1.165, 1.54) is 0 Å². The van der Waals surface area contributed by atoms with Crippen LogP contribution in [0.1, 0.15) is 41.7 Å². The van der Waals surface area contributed by atoms with Crippen LogP contribution in [-0.2, 0) is 7.05 Å². The minimum atomic E-state index is -0.742. The molecule has 1 unspecified atom stereocenters. The van der Waals surface area contributed by atoms with Crippen molar-refractivity contribution >= 4 is 0 Å². The largest absolute Gasteiger partial charge is 0.439 e. The van der Waals surface area contributed by atoms with Crippen LogP contribution in [-0.4, -0.2) is 26.4 Å². The van der Waals surface area contributed by atoms with Crippen LogP contribution in [0.5, 0.6) is 11.6 Å². The van der Waals surface area contributed by atoms with E-state index in [2.05, 4.69) is 16.2 Å². The average molecular weight is 375 g/mol. The van der Waals surface area contributed by atoms with Crippen LogP contribution in [0.2, 0.25) is 0 Å². The highest BCUT2D eigenvalue weighted by atomic mass is 16.5. The molecule has 3 N–H and O–H groups in total. The van der Waals surface area contributed by atoms with Crippen molar-refractivity contribution in [3.8, 4) is 29.0 Å². The molecule has 1 aliphatic rings. The summed E-state index contributed by atoms with van der Waals surface area (Å²) < 4.78 is 7.85. The molecule has 0 saturated heterocycles. The molecule has 0 amide bonds. The van der Waals surface area contributed by atoms with Crippen LogP contribution in [0.15, 0.2) is 42.6 Å². The molecular weight excluding hydrogens is 354 g/mol. The van der Waals surface area contributed by atoms with Crippen LogP contribution in [0, 0.1) is 11.3 Å². The maximum Gasteiger partial charge on any atom is 0.217 e. The average Bonchev–Trinajstić information content (AvgIpc) is 3.51. The topological polar surface area (TPSA) is 110 Å². The quantitative estimate of drug-likeness (QED) is 0.685. The number of nitrogens with zero attached hydrogens (tertiary/aromatic N) is 4. The predicted molar refractivity (Wildman–Crippen MR) is 104 cm³/mol. The predicted octanol–water partition coefficient (Wildman–Crippen LogP) is 3.02. The number of benzene rings is 1. The van der Waals surface area contributed by atoms with Crippen molar-refractivity contribution in [3.05, 3.63) is 59.4 Å². The number of hydrogen-bond acceptors (Lipinski definition) is 6. The van der Waals surface area contributed by atoms with Gasteiger partial charge < -0.3 is 15.6 Å². The van der Waals surface area contributed by atoms with E-state index < -0.39 is 6.10 Å². The van der Waals surface area contributed by atoms with E-state index >= 15 is 0 Å². The maximum atomic E-state index is 9.86. The minimum absolute atomic E-state index is 0.135. The molecule has 4 rings (SSSR count). The second kappa shape index (κ2) is 7.43. The third kappa shape index (κ3) is 3.60. The third-order valence-corrected chi connectivity index (χ3v) is 4.85. The lowest BCUT2D eigenvalue weighted by atomic mass is 10.1. The van der Waals surface area contributed by atoms with Gasteiger partial charge in [0, 0.05) is 42.9 Å². The van der Waals surface area contributed by atoms with Gasteiger partial charge in [-0.1, -0.05) is 6.07 Å². The molecule has 1 atom stereocenters. The summed E-state index contributed by atoms with van der Waals surface area (Å²) in [5.41, 5.74) is 9.12. The van der Waals surface area contributed by atoms with Crippen molar-refractivity contribution in [2.45, 2.75) is 24.9 Å². The maximum absolute atomic E-state index is 9.86. The first kappa shape index (κ1) is 18.2. The Morgan fingerprint density at radius 2 is 2.14 bits per heavy atom. The molecule has 2 aromatic heterocycles. The normalized spacial score (nSPS) is 14.5. The molecule has 3 aromatic rings. The second-order valence-corrected chi connectivity index (χ2v) is 6.96. The van der Waals surface area contributed by atoms with Gasteiger partial charge in [-0.05, 0) is 37.1 Å². The highest BCUT2D eigenvalue weighted by Crippen LogP contribution is 2.41. The van der Waals surface area contributed by atoms with Crippen molar-refractivity contribution in [2.24, 2.45) is 12.8 Å². The summed E-state index contributed by atoms with van der Waals surface area (Å²) in [5, 5.41) is 23.7. The highest BCUT2D eigenvalue weighted by Gasteiger charge is 2.27. The van der Waals surface area contributed by atoms with Gasteiger partial charge in [-0.2, -0.15) is 10.4 Å². The van der Waals surface area contributed by atoms with Gasteiger partial charge >= 0.3 is 0 Å². The number of hydrogen-bond donors (Lipinski definition) is 2. The fourth-order valence-corrected chi connectivity index (χ4v) is 3.04. The summed E-state index contributed by atoms with van der Waals surface area (Å²) in [6.07, 6.45) is 3.19. The molecule has 1 saturated carbocycles. The van der Waals surface area contributed by atoms with E-state index in [0.717, 1.165) is 24.1 Å². The van der Waals surface area contributed by atoms with Crippen LogP contribution in [0.4, 0.5) is 0 Å². The number of rotatable bonds is 6. The van der Waals surface area contributed by atoms with Crippen molar-refractivity contribution in [2.75, 3.05) is 6.54 Å². The second-order valence-electron chi connectivity index (χ2n) is 6.96. The van der Waals surface area contributed by atoms with Gasteiger partial charge in [0.2, 0.25) is 5.88 Å². The zero-order chi connectivity index (χ0) is 19.7. The van der Waals surface area contributed by atoms with Gasteiger partial charge in [0.15, 0.2) is 0 Å². The molecule has 7 heteroatoms. The molecule has 142 valence electrons. The van der Waals surface area contributed by atoms with E-state index in [1.807, 2.05) is 19.2 Å². The van der Waals surface area contributed by atoms with Crippen molar-refractivity contribution < 1.29 is 9.84 Å². The number of aromatic nitrogens is 3. The fourth-order valence-electron chi connectivity index (χ4n) is 3.04. The number of aliphatic hydroxyl groups is 1. The lowest BCUT2D eigenvalue weighted by Gasteiger charge is -2.12. The Kier molecular flexibility index (Phi) is 4.82. The number of aryl methyl sites for hydroxylation is 1. The Bertz CT molecular complexity index is 1030. The third-order valence-electron chi connectivity index (χ3n) is 4.85. The first-order chi connectivity index (χ1) is 13.6. The fraction of sp³-hybridized carbons (Fsp3) is 0.286. The number of nitrogens with two attached hydrogens (primary N) is 1. The number of ether oxygens (including phenoxy) is 1. The summed E-state index contributed by atoms with van der Waals surface area (Å²) in [4.78, 5) is 4.44. The molecule has 2 heterocycles. The lowest BCUT2D eigenvalue weighted by Crippen LogP contribution is -2.11. The van der Waals surface area contributed by atoms with Crippen LogP contribution < -0.4 is 10.5 Å². The monoisotopic (exact) mass is 375 g/mol. The Morgan fingerprint density at radius 3 is 2.79 bits per heavy atom. The molecule has 1 aliphatic carbocycles. The molecule has 28 heavy (non-hydrogen) atoms. The Balaban J connectivity index is 1.69. The summed E-state index contributed by atoms with van der Waals surface area (Å²) in [5.74, 6) is 1.68. The summed E-state index contributed by atoms with van der Waals surface area (Å²) >= 11 is 0. The van der Waals surface area contributed by atoms with Gasteiger partial charge in [-0.3, -0.25) is 4.98 Å². The summed E-state index contributed by atoms with van der Waals surface area (Å²) in [6, 6.07) is 12.9. The molecule has 0 spiro atoms. The molecule has 0 bridgehead atoms. The van der Waals surface area contributed by atoms with Crippen molar-refractivity contribution in [3.63, 3.8) is 0 Å². The molecular formula is C21H21N5O2. The van der Waals surface area contributed by atoms with E-state index in [4.69, 9.17) is 10.5 Å². The molecule has 7 nitrogen and oxygen atoms in total. The van der Waals surface area contributed by atoms with Gasteiger partial charge in [0.05, 0.1) is 29.1 Å². The standard InChI is InChI=1S/C21H21N5O2/c1-26-21(9-18(25-26)14-3-4-14)28-20-8-13(10-22)2-6-16(20)17-7-5-15(12-24-17)19(27)11-23/h2,5-9,12,14,19,27H,3-4,11,23H2,1H3. The van der Waals surface area contributed by atoms with Crippen LogP contribution in [0.25, 0.3) is 11.3 Å². The SMILES string of the molecule is Cn1nc(C2CC2)cc1Oc1cc(C#N)ccc1-c1ccc(C(O)CN)cn1. The smallest absolute Gasteiger partial charge is 0.217 e. The molecule has 1 aromatic carbocycles. The minimum Gasteiger partial charge on any atom is -0.439 e. The van der Waals surface area contributed by atoms with E-state index in [0.29, 0.717) is 34.4 Å². The Morgan fingerprint density at radius 1 is 1.32 bits per heavy atom. The summed E-state index contributed by atoms with van der Waals surface area (Å²) in [6.45, 7) is 0.135. The number of pyridine rings is 1. The van der Waals surface area contributed by atoms with Gasteiger partial charge in [-0.25, -0.2) is 4.68 Å². The lowest BCUT2D eigenvalue weighted by molar-refractivity contribution is 0.186. The first-order valence-corrected chi connectivity index (χ1v) is 9.19. The Hall–Kier alpha value is -3.21.